The Bertz CT molecular complexity index is 794. The number of unbranched alkanes of at least 4 members (excludes halogenated alkanes) is 1. The second-order valence-electron chi connectivity index (χ2n) is 6.67. The van der Waals surface area contributed by atoms with Crippen LogP contribution in [0, 0.1) is 6.92 Å². The topological polar surface area (TPSA) is 38.1 Å². The summed E-state index contributed by atoms with van der Waals surface area (Å²) in [6.45, 7) is 5.10. The minimum absolute atomic E-state index is 0.0312. The van der Waals surface area contributed by atoms with Crippen molar-refractivity contribution in [1.82, 2.24) is 14.5 Å². The molecule has 0 fully saturated rings. The third kappa shape index (κ3) is 3.76. The summed E-state index contributed by atoms with van der Waals surface area (Å²) >= 11 is 0. The molecule has 1 aliphatic rings. The molecule has 1 amide bonds. The van der Waals surface area contributed by atoms with Gasteiger partial charge in [0.2, 0.25) is 5.82 Å². The second-order valence-corrected chi connectivity index (χ2v) is 6.67. The summed E-state index contributed by atoms with van der Waals surface area (Å²) in [4.78, 5) is 18.7. The quantitative estimate of drug-likeness (QED) is 0.752. The van der Waals surface area contributed by atoms with Crippen molar-refractivity contribution < 1.29 is 18.0 Å². The molecule has 0 unspecified atom stereocenters. The first-order chi connectivity index (χ1) is 12.3. The van der Waals surface area contributed by atoms with Gasteiger partial charge in [-0.1, -0.05) is 37.6 Å². The highest BCUT2D eigenvalue weighted by Gasteiger charge is 2.32. The molecule has 0 spiro atoms. The monoisotopic (exact) mass is 365 g/mol. The third-order valence-electron chi connectivity index (χ3n) is 4.64. The van der Waals surface area contributed by atoms with Crippen LogP contribution in [0.15, 0.2) is 24.3 Å². The molecule has 0 atom stereocenters. The molecule has 140 valence electrons. The predicted octanol–water partition coefficient (Wildman–Crippen LogP) is 4.57. The number of alkyl halides is 3. The zero-order chi connectivity index (χ0) is 18.9. The van der Waals surface area contributed by atoms with Gasteiger partial charge in [0.15, 0.2) is 0 Å². The minimum Gasteiger partial charge on any atom is -0.318 e. The lowest BCUT2D eigenvalue weighted by atomic mass is 10.0. The van der Waals surface area contributed by atoms with Gasteiger partial charge in [0, 0.05) is 18.5 Å². The van der Waals surface area contributed by atoms with E-state index >= 15 is 0 Å². The van der Waals surface area contributed by atoms with Crippen molar-refractivity contribution in [2.24, 2.45) is 0 Å². The molecule has 0 saturated heterocycles. The number of carbonyl (C=O) groups is 1. The van der Waals surface area contributed by atoms with Gasteiger partial charge < -0.3 is 9.47 Å². The van der Waals surface area contributed by atoms with Gasteiger partial charge in [-0.25, -0.2) is 4.98 Å². The Hall–Kier alpha value is -2.31. The van der Waals surface area contributed by atoms with Crippen LogP contribution in [-0.4, -0.2) is 33.1 Å². The average molecular weight is 365 g/mol. The highest BCUT2D eigenvalue weighted by Crippen LogP contribution is 2.30. The molecule has 1 aliphatic heterocycles. The number of benzene rings is 1. The molecule has 1 aromatic heterocycles. The first-order valence-electron chi connectivity index (χ1n) is 8.82. The molecule has 4 nitrogen and oxygen atoms in total. The van der Waals surface area contributed by atoms with Gasteiger partial charge in [-0.3, -0.25) is 4.79 Å². The number of hydrogen-bond donors (Lipinski definition) is 0. The van der Waals surface area contributed by atoms with E-state index in [1.165, 1.54) is 0 Å². The van der Waals surface area contributed by atoms with Crippen LogP contribution in [-0.2, 0) is 13.1 Å². The number of amides is 1. The van der Waals surface area contributed by atoms with Gasteiger partial charge in [-0.2, -0.15) is 13.2 Å². The van der Waals surface area contributed by atoms with E-state index in [0.717, 1.165) is 29.8 Å². The van der Waals surface area contributed by atoms with Crippen molar-refractivity contribution in [3.8, 4) is 11.3 Å². The molecule has 0 N–H and O–H groups in total. The zero-order valence-electron chi connectivity index (χ0n) is 14.9. The van der Waals surface area contributed by atoms with Gasteiger partial charge in [0.25, 0.3) is 5.91 Å². The van der Waals surface area contributed by atoms with Gasteiger partial charge >= 0.3 is 6.18 Å². The van der Waals surface area contributed by atoms with Crippen molar-refractivity contribution in [3.05, 3.63) is 41.3 Å². The molecule has 26 heavy (non-hydrogen) atoms. The van der Waals surface area contributed by atoms with Gasteiger partial charge in [0.05, 0.1) is 18.1 Å². The lowest BCUT2D eigenvalue weighted by molar-refractivity contribution is -0.133. The first kappa shape index (κ1) is 18.5. The maximum Gasteiger partial charge on any atom is 0.389 e. The molecule has 3 rings (SSSR count). The molecule has 0 bridgehead atoms. The largest absolute Gasteiger partial charge is 0.389 e. The molecule has 2 heterocycles. The van der Waals surface area contributed by atoms with Crippen molar-refractivity contribution >= 4 is 5.91 Å². The van der Waals surface area contributed by atoms with E-state index in [2.05, 4.69) is 11.9 Å². The van der Waals surface area contributed by atoms with Crippen LogP contribution in [0.5, 0.6) is 0 Å². The summed E-state index contributed by atoms with van der Waals surface area (Å²) < 4.78 is 39.0. The number of nitrogens with zero attached hydrogens (tertiary/aromatic N) is 3. The first-order valence-corrected chi connectivity index (χ1v) is 8.82. The summed E-state index contributed by atoms with van der Waals surface area (Å²) in [5.74, 6) is 0.379. The fourth-order valence-electron chi connectivity index (χ4n) is 3.25. The van der Waals surface area contributed by atoms with E-state index in [1.807, 2.05) is 23.6 Å². The smallest absolute Gasteiger partial charge is 0.318 e. The fourth-order valence-corrected chi connectivity index (χ4v) is 3.25. The van der Waals surface area contributed by atoms with Gasteiger partial charge in [-0.15, -0.1) is 0 Å². The Labute approximate surface area is 150 Å². The lowest BCUT2D eigenvalue weighted by Crippen LogP contribution is -2.26. The van der Waals surface area contributed by atoms with Crippen LogP contribution >= 0.6 is 0 Å². The maximum absolute atomic E-state index is 12.5. The molecule has 1 aromatic carbocycles. The Balaban J connectivity index is 1.81. The number of carbonyl (C=O) groups excluding carboxylic acids is 1. The van der Waals surface area contributed by atoms with Crippen molar-refractivity contribution in [3.63, 3.8) is 0 Å². The molecule has 0 aliphatic carbocycles. The van der Waals surface area contributed by atoms with E-state index in [-0.39, 0.29) is 12.3 Å². The van der Waals surface area contributed by atoms with E-state index in [9.17, 15) is 18.0 Å². The standard InChI is InChI=1S/C19H22F3N3O/c1-3-4-11-24-12-25-16(13(2)23-17(25)18(24)26)15-7-5-14(6-8-15)9-10-19(20,21)22/h5-8H,3-4,9-12H2,1-2H3. The highest BCUT2D eigenvalue weighted by atomic mass is 19.4. The van der Waals surface area contributed by atoms with Crippen LogP contribution in [0.4, 0.5) is 13.2 Å². The van der Waals surface area contributed by atoms with Gasteiger partial charge in [0.1, 0.15) is 0 Å². The SMILES string of the molecule is CCCCN1Cn2c(nc(C)c2-c2ccc(CCC(F)(F)F)cc2)C1=O. The van der Waals surface area contributed by atoms with Crippen LogP contribution in [0.25, 0.3) is 11.3 Å². The normalized spacial score (nSPS) is 14.2. The van der Waals surface area contributed by atoms with E-state index < -0.39 is 12.6 Å². The van der Waals surface area contributed by atoms with Crippen LogP contribution in [0.3, 0.4) is 0 Å². The summed E-state index contributed by atoms with van der Waals surface area (Å²) in [6, 6.07) is 7.04. The van der Waals surface area contributed by atoms with Crippen molar-refractivity contribution in [2.45, 2.75) is 52.4 Å². The van der Waals surface area contributed by atoms with Crippen molar-refractivity contribution in [2.75, 3.05) is 6.54 Å². The van der Waals surface area contributed by atoms with Crippen LogP contribution in [0.2, 0.25) is 0 Å². The molecule has 0 saturated carbocycles. The summed E-state index contributed by atoms with van der Waals surface area (Å²) in [6.07, 6.45) is -3.05. The fraction of sp³-hybridized carbons (Fsp3) is 0.474. The number of hydrogen-bond acceptors (Lipinski definition) is 2. The number of imidazole rings is 1. The Kier molecular flexibility index (Phi) is 5.07. The highest BCUT2D eigenvalue weighted by molar-refractivity contribution is 5.94. The summed E-state index contributed by atoms with van der Waals surface area (Å²) in [5.41, 5.74) is 3.12. The van der Waals surface area contributed by atoms with Crippen LogP contribution in [0.1, 0.15) is 48.1 Å². The van der Waals surface area contributed by atoms with E-state index in [0.29, 0.717) is 24.6 Å². The van der Waals surface area contributed by atoms with Crippen LogP contribution < -0.4 is 0 Å². The molecular formula is C19H22F3N3O. The number of aryl methyl sites for hydroxylation is 2. The van der Waals surface area contributed by atoms with Gasteiger partial charge in [-0.05, 0) is 25.3 Å². The van der Waals surface area contributed by atoms with E-state index in [4.69, 9.17) is 0 Å². The Morgan fingerprint density at radius 3 is 2.50 bits per heavy atom. The summed E-state index contributed by atoms with van der Waals surface area (Å²) in [5, 5.41) is 0. The Morgan fingerprint density at radius 2 is 1.88 bits per heavy atom. The molecule has 2 aromatic rings. The zero-order valence-corrected chi connectivity index (χ0v) is 14.9. The molecule has 0 radical (unpaired) electrons. The Morgan fingerprint density at radius 1 is 1.19 bits per heavy atom. The van der Waals surface area contributed by atoms with Crippen molar-refractivity contribution in [1.29, 1.82) is 0 Å². The maximum atomic E-state index is 12.5. The third-order valence-corrected chi connectivity index (χ3v) is 4.64. The number of halogens is 3. The summed E-state index contributed by atoms with van der Waals surface area (Å²) in [7, 11) is 0. The number of fused-ring (bicyclic) bond motifs is 1. The lowest BCUT2D eigenvalue weighted by Gasteiger charge is -2.15. The second kappa shape index (κ2) is 7.13. The number of aromatic nitrogens is 2. The number of rotatable bonds is 6. The average Bonchev–Trinajstić information content (AvgIpc) is 3.06. The predicted molar refractivity (Wildman–Crippen MR) is 92.7 cm³/mol. The molecule has 7 heteroatoms. The molecular weight excluding hydrogens is 343 g/mol. The minimum atomic E-state index is -4.15. The van der Waals surface area contributed by atoms with E-state index in [1.54, 1.807) is 17.0 Å².